The molecule has 0 saturated carbocycles. The number of hydrogen-bond acceptors (Lipinski definition) is 3. The van der Waals surface area contributed by atoms with Gasteiger partial charge in [-0.25, -0.2) is 0 Å². The highest BCUT2D eigenvalue weighted by molar-refractivity contribution is 8.06. The number of nitrogens with zero attached hydrogens (tertiary/aromatic N) is 1. The summed E-state index contributed by atoms with van der Waals surface area (Å²) < 4.78 is -0.636. The lowest BCUT2D eigenvalue weighted by Gasteiger charge is -2.09. The molecule has 1 saturated heterocycles. The van der Waals surface area contributed by atoms with Crippen molar-refractivity contribution in [2.75, 3.05) is 13.6 Å². The molecule has 106 valence electrons. The van der Waals surface area contributed by atoms with Gasteiger partial charge in [-0.15, -0.1) is 0 Å². The molecule has 1 N–H and O–H groups in total. The van der Waals surface area contributed by atoms with Crippen molar-refractivity contribution in [1.82, 2.24) is 10.2 Å². The van der Waals surface area contributed by atoms with E-state index in [2.05, 4.69) is 5.32 Å². The number of nitrogens with one attached hydrogen (secondary N) is 1. The molecule has 20 heavy (non-hydrogen) atoms. The lowest BCUT2D eigenvalue weighted by molar-refractivity contribution is -0.125. The number of alkyl halides is 1. The van der Waals surface area contributed by atoms with Gasteiger partial charge in [0.15, 0.2) is 4.71 Å². The second-order valence-corrected chi connectivity index (χ2v) is 6.16. The van der Waals surface area contributed by atoms with Gasteiger partial charge in [0.05, 0.1) is 5.03 Å². The fourth-order valence-corrected chi connectivity index (χ4v) is 3.08. The summed E-state index contributed by atoms with van der Waals surface area (Å²) >= 11 is 7.00. The van der Waals surface area contributed by atoms with Gasteiger partial charge in [-0.3, -0.25) is 9.59 Å². The Kier molecular flexibility index (Phi) is 5.09. The monoisotopic (exact) mass is 310 g/mol. The van der Waals surface area contributed by atoms with Crippen LogP contribution in [0.3, 0.4) is 0 Å². The standard InChI is InChI=1S/C14H15ClN2O2S/c1-17-12(20-13(15)14(17)19)9-11(18)16-8-7-10-5-3-2-4-6-10/h2-6,9,13H,7-8H2,1H3,(H,16,18)/b12-9-. The third-order valence-electron chi connectivity index (χ3n) is 2.89. The zero-order valence-corrected chi connectivity index (χ0v) is 12.6. The van der Waals surface area contributed by atoms with Crippen molar-refractivity contribution in [2.24, 2.45) is 0 Å². The maximum atomic E-state index is 11.8. The molecule has 0 aliphatic carbocycles. The zero-order valence-electron chi connectivity index (χ0n) is 11.0. The third-order valence-corrected chi connectivity index (χ3v) is 4.39. The lowest BCUT2D eigenvalue weighted by Crippen LogP contribution is -2.26. The van der Waals surface area contributed by atoms with Gasteiger partial charge in [-0.1, -0.05) is 53.7 Å². The quantitative estimate of drug-likeness (QED) is 0.683. The number of hydrogen-bond donors (Lipinski definition) is 1. The molecule has 4 nitrogen and oxygen atoms in total. The minimum Gasteiger partial charge on any atom is -0.352 e. The third kappa shape index (κ3) is 3.77. The number of rotatable bonds is 4. The SMILES string of the molecule is CN1C(=O)C(Cl)S/C1=C\C(=O)NCCc1ccccc1. The van der Waals surface area contributed by atoms with Gasteiger partial charge in [0.1, 0.15) is 0 Å². The summed E-state index contributed by atoms with van der Waals surface area (Å²) in [4.78, 5) is 24.7. The molecule has 1 aromatic carbocycles. The molecule has 0 spiro atoms. The first kappa shape index (κ1) is 14.9. The minimum atomic E-state index is -0.636. The molecular weight excluding hydrogens is 296 g/mol. The van der Waals surface area contributed by atoms with Crippen LogP contribution in [0.5, 0.6) is 0 Å². The highest BCUT2D eigenvalue weighted by atomic mass is 35.5. The number of thioether (sulfide) groups is 1. The van der Waals surface area contributed by atoms with Crippen LogP contribution < -0.4 is 5.32 Å². The van der Waals surface area contributed by atoms with E-state index in [4.69, 9.17) is 11.6 Å². The zero-order chi connectivity index (χ0) is 14.5. The van der Waals surface area contributed by atoms with Gasteiger partial charge in [-0.05, 0) is 12.0 Å². The van der Waals surface area contributed by atoms with Gasteiger partial charge in [-0.2, -0.15) is 0 Å². The van der Waals surface area contributed by atoms with Crippen LogP contribution in [-0.4, -0.2) is 35.0 Å². The van der Waals surface area contributed by atoms with E-state index in [-0.39, 0.29) is 11.8 Å². The molecule has 0 aromatic heterocycles. The van der Waals surface area contributed by atoms with Crippen LogP contribution >= 0.6 is 23.4 Å². The maximum absolute atomic E-state index is 11.8. The number of carbonyl (C=O) groups excluding carboxylic acids is 2. The van der Waals surface area contributed by atoms with Gasteiger partial charge in [0.25, 0.3) is 5.91 Å². The van der Waals surface area contributed by atoms with Gasteiger partial charge in [0, 0.05) is 19.7 Å². The summed E-state index contributed by atoms with van der Waals surface area (Å²) in [6.07, 6.45) is 2.19. The first-order valence-corrected chi connectivity index (χ1v) is 7.51. The van der Waals surface area contributed by atoms with Gasteiger partial charge in [0.2, 0.25) is 5.91 Å². The number of amides is 2. The van der Waals surface area contributed by atoms with Crippen LogP contribution in [0, 0.1) is 0 Å². The Bertz CT molecular complexity index is 533. The minimum absolute atomic E-state index is 0.194. The highest BCUT2D eigenvalue weighted by Gasteiger charge is 2.32. The molecule has 2 rings (SSSR count). The lowest BCUT2D eigenvalue weighted by atomic mass is 10.1. The van der Waals surface area contributed by atoms with E-state index in [1.807, 2.05) is 30.3 Å². The molecule has 1 aliphatic heterocycles. The fraction of sp³-hybridized carbons (Fsp3) is 0.286. The Morgan fingerprint density at radius 1 is 1.45 bits per heavy atom. The molecule has 6 heteroatoms. The smallest absolute Gasteiger partial charge is 0.255 e. The van der Waals surface area contributed by atoms with Crippen LogP contribution in [0.1, 0.15) is 5.56 Å². The van der Waals surface area contributed by atoms with Crippen LogP contribution in [0.4, 0.5) is 0 Å². The molecule has 1 heterocycles. The maximum Gasteiger partial charge on any atom is 0.255 e. The van der Waals surface area contributed by atoms with Crippen LogP contribution in [0.25, 0.3) is 0 Å². The molecule has 0 bridgehead atoms. The van der Waals surface area contributed by atoms with Crippen molar-refractivity contribution in [3.63, 3.8) is 0 Å². The number of benzene rings is 1. The summed E-state index contributed by atoms with van der Waals surface area (Å²) in [5.74, 6) is -0.408. The molecule has 1 unspecified atom stereocenters. The Hall–Kier alpha value is -1.46. The molecule has 0 radical (unpaired) electrons. The molecule has 1 aromatic rings. The Balaban J connectivity index is 1.83. The fourth-order valence-electron chi connectivity index (χ4n) is 1.77. The molecule has 1 aliphatic rings. The Morgan fingerprint density at radius 2 is 2.15 bits per heavy atom. The largest absolute Gasteiger partial charge is 0.352 e. The van der Waals surface area contributed by atoms with Crippen molar-refractivity contribution >= 4 is 35.2 Å². The van der Waals surface area contributed by atoms with E-state index in [0.29, 0.717) is 11.6 Å². The Labute approximate surface area is 127 Å². The van der Waals surface area contributed by atoms with Crippen molar-refractivity contribution < 1.29 is 9.59 Å². The topological polar surface area (TPSA) is 49.4 Å². The second kappa shape index (κ2) is 6.81. The predicted octanol–water partition coefficient (Wildman–Crippen LogP) is 1.96. The van der Waals surface area contributed by atoms with Gasteiger partial charge < -0.3 is 10.2 Å². The average molecular weight is 311 g/mol. The average Bonchev–Trinajstić information content (AvgIpc) is 2.67. The van der Waals surface area contributed by atoms with E-state index in [0.717, 1.165) is 6.42 Å². The summed E-state index contributed by atoms with van der Waals surface area (Å²) in [7, 11) is 1.61. The number of carbonyl (C=O) groups is 2. The first-order valence-electron chi connectivity index (χ1n) is 6.19. The molecule has 2 amide bonds. The van der Waals surface area contributed by atoms with Crippen molar-refractivity contribution in [3.8, 4) is 0 Å². The van der Waals surface area contributed by atoms with E-state index < -0.39 is 4.71 Å². The molecule has 1 atom stereocenters. The van der Waals surface area contributed by atoms with E-state index in [1.165, 1.54) is 28.3 Å². The van der Waals surface area contributed by atoms with Gasteiger partial charge >= 0.3 is 0 Å². The van der Waals surface area contributed by atoms with Crippen molar-refractivity contribution in [1.29, 1.82) is 0 Å². The van der Waals surface area contributed by atoms with Crippen LogP contribution in [0.15, 0.2) is 41.4 Å². The van der Waals surface area contributed by atoms with Crippen LogP contribution in [0.2, 0.25) is 0 Å². The highest BCUT2D eigenvalue weighted by Crippen LogP contribution is 2.35. The summed E-state index contributed by atoms with van der Waals surface area (Å²) in [5.41, 5.74) is 1.17. The van der Waals surface area contributed by atoms with Crippen molar-refractivity contribution in [3.05, 3.63) is 47.0 Å². The molecule has 1 fully saturated rings. The Morgan fingerprint density at radius 3 is 2.75 bits per heavy atom. The summed E-state index contributed by atoms with van der Waals surface area (Å²) in [6.45, 7) is 0.555. The van der Waals surface area contributed by atoms with Crippen LogP contribution in [-0.2, 0) is 16.0 Å². The summed E-state index contributed by atoms with van der Waals surface area (Å²) in [6, 6.07) is 9.92. The second-order valence-electron chi connectivity index (χ2n) is 4.34. The summed E-state index contributed by atoms with van der Waals surface area (Å²) in [5, 5.41) is 3.37. The number of halogens is 1. The first-order chi connectivity index (χ1) is 9.58. The normalized spacial score (nSPS) is 20.5. The molecular formula is C14H15ClN2O2S. The van der Waals surface area contributed by atoms with E-state index in [9.17, 15) is 9.59 Å². The van der Waals surface area contributed by atoms with Crippen molar-refractivity contribution in [2.45, 2.75) is 11.1 Å². The van der Waals surface area contributed by atoms with E-state index in [1.54, 1.807) is 7.05 Å². The predicted molar refractivity (Wildman–Crippen MR) is 81.2 cm³/mol. The van der Waals surface area contributed by atoms with E-state index >= 15 is 0 Å².